The zero-order chi connectivity index (χ0) is 22.5. The third kappa shape index (κ3) is 4.98. The second kappa shape index (κ2) is 9.26. The van der Waals surface area contributed by atoms with Crippen molar-refractivity contribution in [3.63, 3.8) is 0 Å². The Morgan fingerprint density at radius 3 is 2.58 bits per heavy atom. The molecule has 10 heteroatoms. The summed E-state index contributed by atoms with van der Waals surface area (Å²) in [7, 11) is 0. The zero-order valence-corrected chi connectivity index (χ0v) is 16.9. The minimum absolute atomic E-state index is 0.00357. The highest BCUT2D eigenvalue weighted by molar-refractivity contribution is 7.80. The van der Waals surface area contributed by atoms with Crippen LogP contribution in [-0.4, -0.2) is 33.3 Å². The number of nitrogens with zero attached hydrogens (tertiary/aromatic N) is 2. The number of hydrogen-bond acceptors (Lipinski definition) is 6. The van der Waals surface area contributed by atoms with Crippen molar-refractivity contribution in [2.75, 3.05) is 6.54 Å². The fraction of sp³-hybridized carbons (Fsp3) is 0.0952. The highest BCUT2D eigenvalue weighted by Crippen LogP contribution is 2.30. The van der Waals surface area contributed by atoms with Gasteiger partial charge in [0.1, 0.15) is 18.0 Å². The van der Waals surface area contributed by atoms with E-state index in [9.17, 15) is 24.1 Å². The van der Waals surface area contributed by atoms with Crippen molar-refractivity contribution in [1.29, 1.82) is 0 Å². The van der Waals surface area contributed by atoms with Gasteiger partial charge < -0.3 is 4.74 Å². The van der Waals surface area contributed by atoms with Gasteiger partial charge in [-0.25, -0.2) is 4.39 Å². The number of nitro groups is 1. The summed E-state index contributed by atoms with van der Waals surface area (Å²) in [5.41, 5.74) is 0.318. The molecule has 0 radical (unpaired) electrons. The van der Waals surface area contributed by atoms with Crippen molar-refractivity contribution in [2.24, 2.45) is 0 Å². The molecule has 1 fully saturated rings. The molecule has 2 amide bonds. The summed E-state index contributed by atoms with van der Waals surface area (Å²) >= 11 is 4.98. The van der Waals surface area contributed by atoms with E-state index < -0.39 is 22.6 Å². The molecule has 0 saturated carbocycles. The molecule has 0 bridgehead atoms. The van der Waals surface area contributed by atoms with Crippen molar-refractivity contribution in [3.8, 4) is 5.75 Å². The maximum absolute atomic E-state index is 13.0. The highest BCUT2D eigenvalue weighted by atomic mass is 32.1. The molecule has 3 rings (SSSR count). The van der Waals surface area contributed by atoms with Gasteiger partial charge in [0.15, 0.2) is 10.9 Å². The number of carbonyl (C=O) groups is 2. The van der Waals surface area contributed by atoms with Gasteiger partial charge >= 0.3 is 5.69 Å². The monoisotopic (exact) mass is 441 g/mol. The second-order valence-corrected chi connectivity index (χ2v) is 6.81. The van der Waals surface area contributed by atoms with Gasteiger partial charge in [0.2, 0.25) is 0 Å². The van der Waals surface area contributed by atoms with E-state index in [-0.39, 0.29) is 40.8 Å². The summed E-state index contributed by atoms with van der Waals surface area (Å²) in [5.74, 6) is -1.74. The molecule has 0 spiro atoms. The van der Waals surface area contributed by atoms with E-state index in [1.54, 1.807) is 0 Å². The topological polar surface area (TPSA) is 102 Å². The Morgan fingerprint density at radius 1 is 1.23 bits per heavy atom. The molecule has 0 unspecified atom stereocenters. The van der Waals surface area contributed by atoms with Crippen LogP contribution < -0.4 is 10.1 Å². The van der Waals surface area contributed by atoms with Crippen LogP contribution in [0.4, 0.5) is 10.1 Å². The molecule has 31 heavy (non-hydrogen) atoms. The smallest absolute Gasteiger partial charge is 0.311 e. The molecular weight excluding hydrogens is 425 g/mol. The number of ether oxygens (including phenoxy) is 1. The highest BCUT2D eigenvalue weighted by Gasteiger charge is 2.32. The van der Waals surface area contributed by atoms with Crippen LogP contribution in [0.5, 0.6) is 5.75 Å². The molecule has 2 aromatic rings. The van der Waals surface area contributed by atoms with Crippen LogP contribution >= 0.6 is 12.2 Å². The van der Waals surface area contributed by atoms with Gasteiger partial charge in [-0.1, -0.05) is 24.3 Å². The SMILES string of the molecule is C=CCN1C(=O)/C(=C/c2ccc(OCc3ccc(F)cc3)c([N+](=O)[O-])c2)C(=O)NC1=S. The van der Waals surface area contributed by atoms with E-state index in [4.69, 9.17) is 17.0 Å². The van der Waals surface area contributed by atoms with Gasteiger partial charge in [0.25, 0.3) is 11.8 Å². The number of thiocarbonyl (C=S) groups is 1. The van der Waals surface area contributed by atoms with E-state index >= 15 is 0 Å². The van der Waals surface area contributed by atoms with E-state index in [2.05, 4.69) is 11.9 Å². The normalized spacial score (nSPS) is 15.1. The van der Waals surface area contributed by atoms with Crippen molar-refractivity contribution < 1.29 is 23.6 Å². The average Bonchev–Trinajstić information content (AvgIpc) is 2.74. The van der Waals surface area contributed by atoms with Crippen LogP contribution in [0.1, 0.15) is 11.1 Å². The molecule has 1 heterocycles. The number of carbonyl (C=O) groups excluding carboxylic acids is 2. The predicted molar refractivity (Wildman–Crippen MR) is 114 cm³/mol. The standard InChI is InChI=1S/C21H16FN3O5S/c1-2-9-24-20(27)16(19(26)23-21(24)31)10-14-5-8-18(17(11-14)25(28)29)30-12-13-3-6-15(22)7-4-13/h2-8,10-11H,1,9,12H2,(H,23,26,31)/b16-10+. The lowest BCUT2D eigenvalue weighted by Gasteiger charge is -2.27. The summed E-state index contributed by atoms with van der Waals surface area (Å²) in [6.07, 6.45) is 2.70. The number of benzene rings is 2. The molecule has 1 aliphatic rings. The summed E-state index contributed by atoms with van der Waals surface area (Å²) in [6, 6.07) is 9.57. The first kappa shape index (κ1) is 21.8. The number of hydrogen-bond donors (Lipinski definition) is 1. The lowest BCUT2D eigenvalue weighted by molar-refractivity contribution is -0.386. The first-order chi connectivity index (χ1) is 14.8. The molecular formula is C21H16FN3O5S. The van der Waals surface area contributed by atoms with E-state index in [0.717, 1.165) is 4.90 Å². The Bertz CT molecular complexity index is 1110. The molecule has 8 nitrogen and oxygen atoms in total. The summed E-state index contributed by atoms with van der Waals surface area (Å²) in [6.45, 7) is 3.64. The van der Waals surface area contributed by atoms with Gasteiger partial charge in [-0.2, -0.15) is 0 Å². The fourth-order valence-corrected chi connectivity index (χ4v) is 3.04. The first-order valence-corrected chi connectivity index (χ1v) is 9.36. The Balaban J connectivity index is 1.87. The molecule has 0 aliphatic carbocycles. The fourth-order valence-electron chi connectivity index (χ4n) is 2.79. The molecule has 158 valence electrons. The average molecular weight is 441 g/mol. The molecule has 2 aromatic carbocycles. The van der Waals surface area contributed by atoms with Crippen molar-refractivity contribution in [2.45, 2.75) is 6.61 Å². The molecule has 1 N–H and O–H groups in total. The maximum Gasteiger partial charge on any atom is 0.311 e. The predicted octanol–water partition coefficient (Wildman–Crippen LogP) is 3.13. The van der Waals surface area contributed by atoms with Crippen LogP contribution in [0.3, 0.4) is 0 Å². The van der Waals surface area contributed by atoms with Crippen LogP contribution in [0.25, 0.3) is 6.08 Å². The molecule has 0 aromatic heterocycles. The van der Waals surface area contributed by atoms with Gasteiger partial charge in [-0.15, -0.1) is 6.58 Å². The van der Waals surface area contributed by atoms with Crippen LogP contribution in [0.2, 0.25) is 0 Å². The van der Waals surface area contributed by atoms with Crippen LogP contribution in [-0.2, 0) is 16.2 Å². The van der Waals surface area contributed by atoms with E-state index in [1.165, 1.54) is 54.6 Å². The van der Waals surface area contributed by atoms with Gasteiger partial charge in [-0.3, -0.25) is 29.9 Å². The first-order valence-electron chi connectivity index (χ1n) is 8.95. The minimum atomic E-state index is -0.699. The summed E-state index contributed by atoms with van der Waals surface area (Å²) in [4.78, 5) is 36.8. The third-order valence-corrected chi connectivity index (χ3v) is 4.62. The Kier molecular flexibility index (Phi) is 6.51. The number of nitrogens with one attached hydrogen (secondary N) is 1. The number of nitro benzene ring substituents is 1. The summed E-state index contributed by atoms with van der Waals surface area (Å²) < 4.78 is 18.5. The Labute approximate surface area is 181 Å². The van der Waals surface area contributed by atoms with Gasteiger partial charge in [0, 0.05) is 12.6 Å². The van der Waals surface area contributed by atoms with Crippen molar-refractivity contribution in [1.82, 2.24) is 10.2 Å². The lowest BCUT2D eigenvalue weighted by atomic mass is 10.1. The third-order valence-electron chi connectivity index (χ3n) is 4.30. The Hall–Kier alpha value is -3.92. The second-order valence-electron chi connectivity index (χ2n) is 6.42. The van der Waals surface area contributed by atoms with Crippen molar-refractivity contribution >= 4 is 40.9 Å². The lowest BCUT2D eigenvalue weighted by Crippen LogP contribution is -2.53. The molecule has 1 saturated heterocycles. The van der Waals surface area contributed by atoms with Crippen molar-refractivity contribution in [3.05, 3.63) is 87.8 Å². The van der Waals surface area contributed by atoms with Gasteiger partial charge in [-0.05, 0) is 47.6 Å². The minimum Gasteiger partial charge on any atom is -0.482 e. The molecule has 0 atom stereocenters. The zero-order valence-electron chi connectivity index (χ0n) is 16.0. The number of rotatable bonds is 7. The van der Waals surface area contributed by atoms with E-state index in [0.29, 0.717) is 5.56 Å². The Morgan fingerprint density at radius 2 is 1.94 bits per heavy atom. The van der Waals surface area contributed by atoms with Crippen LogP contribution in [0, 0.1) is 15.9 Å². The van der Waals surface area contributed by atoms with E-state index in [1.807, 2.05) is 0 Å². The van der Waals surface area contributed by atoms with Crippen LogP contribution in [0.15, 0.2) is 60.7 Å². The number of amides is 2. The number of halogens is 1. The quantitative estimate of drug-likeness (QED) is 0.177. The largest absolute Gasteiger partial charge is 0.482 e. The maximum atomic E-state index is 13.0. The molecule has 1 aliphatic heterocycles. The van der Waals surface area contributed by atoms with Gasteiger partial charge in [0.05, 0.1) is 4.92 Å². The summed E-state index contributed by atoms with van der Waals surface area (Å²) in [5, 5.41) is 13.9.